The molecule has 0 N–H and O–H groups in total. The minimum absolute atomic E-state index is 0.216. The third kappa shape index (κ3) is 4.82. The van der Waals surface area contributed by atoms with Gasteiger partial charge in [-0.1, -0.05) is 42.5 Å². The van der Waals surface area contributed by atoms with E-state index in [9.17, 15) is 14.9 Å². The van der Waals surface area contributed by atoms with Crippen molar-refractivity contribution in [2.24, 2.45) is 0 Å². The summed E-state index contributed by atoms with van der Waals surface area (Å²) in [5.74, 6) is -0.413. The molecule has 0 radical (unpaired) electrons. The average Bonchev–Trinajstić information content (AvgIpc) is 2.55. The molecule has 6 heteroatoms. The number of nitrogens with zero attached hydrogens (tertiary/aromatic N) is 1. The fourth-order valence-corrected chi connectivity index (χ4v) is 3.35. The van der Waals surface area contributed by atoms with Gasteiger partial charge in [-0.25, -0.2) is 4.79 Å². The summed E-state index contributed by atoms with van der Waals surface area (Å²) in [6.07, 6.45) is 0. The van der Waals surface area contributed by atoms with Crippen molar-refractivity contribution in [2.45, 2.75) is 17.1 Å². The average molecular weight is 331 g/mol. The second kappa shape index (κ2) is 8.33. The number of carbonyl (C=O) groups excluding carboxylic acids is 1. The lowest BCUT2D eigenvalue weighted by atomic mass is 10.1. The molecular formula is C17H17NO4S. The molecule has 1 atom stereocenters. The highest BCUT2D eigenvalue weighted by molar-refractivity contribution is 7.99. The number of rotatable bonds is 7. The van der Waals surface area contributed by atoms with Crippen LogP contribution in [0.3, 0.4) is 0 Å². The molecule has 2 rings (SSSR count). The molecule has 0 amide bonds. The largest absolute Gasteiger partial charge is 0.462 e. The maximum Gasteiger partial charge on any atom is 0.339 e. The molecule has 0 aliphatic rings. The number of hydrogen-bond donors (Lipinski definition) is 0. The minimum Gasteiger partial charge on any atom is -0.462 e. The molecular weight excluding hydrogens is 314 g/mol. The molecule has 5 nitrogen and oxygen atoms in total. The fraction of sp³-hybridized carbons (Fsp3) is 0.235. The predicted octanol–water partition coefficient (Wildman–Crippen LogP) is 3.97. The topological polar surface area (TPSA) is 69.4 Å². The number of ether oxygens (including phenoxy) is 1. The first-order valence-corrected chi connectivity index (χ1v) is 8.09. The van der Waals surface area contributed by atoms with E-state index >= 15 is 0 Å². The van der Waals surface area contributed by atoms with Crippen molar-refractivity contribution in [1.82, 2.24) is 0 Å². The van der Waals surface area contributed by atoms with Crippen LogP contribution in [0.1, 0.15) is 28.1 Å². The van der Waals surface area contributed by atoms with E-state index in [0.29, 0.717) is 10.5 Å². The van der Waals surface area contributed by atoms with Crippen LogP contribution in [0.4, 0.5) is 0 Å². The Morgan fingerprint density at radius 2 is 1.83 bits per heavy atom. The van der Waals surface area contributed by atoms with Crippen molar-refractivity contribution >= 4 is 17.7 Å². The summed E-state index contributed by atoms with van der Waals surface area (Å²) in [5, 5.41) is 10.6. The molecule has 23 heavy (non-hydrogen) atoms. The zero-order valence-corrected chi connectivity index (χ0v) is 13.5. The van der Waals surface area contributed by atoms with Crippen molar-refractivity contribution in [2.75, 3.05) is 13.2 Å². The van der Waals surface area contributed by atoms with Gasteiger partial charge in [-0.15, -0.1) is 11.8 Å². The number of hydrogen-bond acceptors (Lipinski definition) is 5. The lowest BCUT2D eigenvalue weighted by Gasteiger charge is -2.15. The van der Waals surface area contributed by atoms with Crippen LogP contribution in [0, 0.1) is 10.1 Å². The first kappa shape index (κ1) is 17.0. The van der Waals surface area contributed by atoms with Crippen LogP contribution in [-0.4, -0.2) is 24.0 Å². The van der Waals surface area contributed by atoms with E-state index in [1.165, 1.54) is 11.8 Å². The Bertz CT molecular complexity index is 675. The van der Waals surface area contributed by atoms with Crippen LogP contribution >= 0.6 is 11.8 Å². The normalized spacial score (nSPS) is 11.7. The maximum absolute atomic E-state index is 12.0. The Balaban J connectivity index is 2.30. The first-order valence-electron chi connectivity index (χ1n) is 7.21. The lowest BCUT2D eigenvalue weighted by Crippen LogP contribution is -2.11. The van der Waals surface area contributed by atoms with Crippen LogP contribution in [0.2, 0.25) is 0 Å². The molecule has 0 heterocycles. The van der Waals surface area contributed by atoms with Gasteiger partial charge in [-0.2, -0.15) is 0 Å². The molecule has 0 bridgehead atoms. The van der Waals surface area contributed by atoms with Crippen LogP contribution in [0.25, 0.3) is 0 Å². The number of carbonyl (C=O) groups is 1. The molecule has 0 saturated heterocycles. The van der Waals surface area contributed by atoms with Crippen molar-refractivity contribution in [3.05, 3.63) is 75.8 Å². The summed E-state index contributed by atoms with van der Waals surface area (Å²) < 4.78 is 5.05. The van der Waals surface area contributed by atoms with E-state index in [-0.39, 0.29) is 23.3 Å². The molecule has 0 saturated carbocycles. The van der Waals surface area contributed by atoms with Crippen LogP contribution < -0.4 is 0 Å². The van der Waals surface area contributed by atoms with E-state index in [1.807, 2.05) is 30.3 Å². The Labute approximate surface area is 138 Å². The smallest absolute Gasteiger partial charge is 0.339 e. The quantitative estimate of drug-likeness (QED) is 0.332. The second-order valence-corrected chi connectivity index (χ2v) is 5.99. The Hall–Kier alpha value is -2.34. The fourth-order valence-electron chi connectivity index (χ4n) is 2.11. The zero-order chi connectivity index (χ0) is 16.7. The molecule has 0 unspecified atom stereocenters. The van der Waals surface area contributed by atoms with Gasteiger partial charge in [0.2, 0.25) is 6.54 Å². The second-order valence-electron chi connectivity index (χ2n) is 4.75. The van der Waals surface area contributed by atoms with Gasteiger partial charge < -0.3 is 4.74 Å². The summed E-state index contributed by atoms with van der Waals surface area (Å²) >= 11 is 1.31. The number of esters is 1. The third-order valence-electron chi connectivity index (χ3n) is 3.14. The molecule has 0 aliphatic heterocycles. The van der Waals surface area contributed by atoms with Gasteiger partial charge in [0.25, 0.3) is 0 Å². The van der Waals surface area contributed by atoms with Gasteiger partial charge >= 0.3 is 5.97 Å². The summed E-state index contributed by atoms with van der Waals surface area (Å²) in [6.45, 7) is 1.81. The highest BCUT2D eigenvalue weighted by atomic mass is 32.2. The third-order valence-corrected chi connectivity index (χ3v) is 4.45. The molecule has 120 valence electrons. The van der Waals surface area contributed by atoms with E-state index in [2.05, 4.69) is 0 Å². The molecule has 2 aromatic rings. The van der Waals surface area contributed by atoms with Gasteiger partial charge in [0.1, 0.15) is 0 Å². The van der Waals surface area contributed by atoms with Crippen molar-refractivity contribution < 1.29 is 14.5 Å². The number of nitro groups is 1. The summed E-state index contributed by atoms with van der Waals surface area (Å²) in [7, 11) is 0. The van der Waals surface area contributed by atoms with Gasteiger partial charge in [0, 0.05) is 9.82 Å². The summed E-state index contributed by atoms with van der Waals surface area (Å²) in [4.78, 5) is 23.4. The molecule has 0 aromatic heterocycles. The number of thioether (sulfide) groups is 1. The zero-order valence-electron chi connectivity index (χ0n) is 12.7. The van der Waals surface area contributed by atoms with Gasteiger partial charge in [-0.05, 0) is 24.6 Å². The predicted molar refractivity (Wildman–Crippen MR) is 89.3 cm³/mol. The first-order chi connectivity index (χ1) is 11.1. The standard InChI is InChI=1S/C17H17NO4S/c1-2-22-17(19)14-10-6-7-11-15(14)23-16(12-18(20)21)13-8-4-3-5-9-13/h3-11,16H,2,12H2,1H3/t16-/m1/s1. The van der Waals surface area contributed by atoms with E-state index < -0.39 is 5.97 Å². The van der Waals surface area contributed by atoms with Crippen LogP contribution in [0.15, 0.2) is 59.5 Å². The Kier molecular flexibility index (Phi) is 6.17. The maximum atomic E-state index is 12.0. The number of benzene rings is 2. The Morgan fingerprint density at radius 3 is 2.48 bits per heavy atom. The molecule has 0 spiro atoms. The summed E-state index contributed by atoms with van der Waals surface area (Å²) in [6, 6.07) is 16.3. The van der Waals surface area contributed by atoms with Crippen LogP contribution in [-0.2, 0) is 4.74 Å². The van der Waals surface area contributed by atoms with Gasteiger partial charge in [0.05, 0.1) is 17.4 Å². The van der Waals surface area contributed by atoms with Crippen molar-refractivity contribution in [1.29, 1.82) is 0 Å². The van der Waals surface area contributed by atoms with Gasteiger partial charge in [0.15, 0.2) is 0 Å². The highest BCUT2D eigenvalue weighted by Gasteiger charge is 2.22. The van der Waals surface area contributed by atoms with E-state index in [1.54, 1.807) is 31.2 Å². The summed E-state index contributed by atoms with van der Waals surface area (Å²) in [5.41, 5.74) is 1.29. The molecule has 0 aliphatic carbocycles. The highest BCUT2D eigenvalue weighted by Crippen LogP contribution is 2.37. The Morgan fingerprint density at radius 1 is 1.17 bits per heavy atom. The molecule has 2 aromatic carbocycles. The van der Waals surface area contributed by atoms with E-state index in [4.69, 9.17) is 4.74 Å². The van der Waals surface area contributed by atoms with Crippen molar-refractivity contribution in [3.63, 3.8) is 0 Å². The van der Waals surface area contributed by atoms with Crippen molar-refractivity contribution in [3.8, 4) is 0 Å². The monoisotopic (exact) mass is 331 g/mol. The molecule has 0 fully saturated rings. The van der Waals surface area contributed by atoms with Crippen LogP contribution in [0.5, 0.6) is 0 Å². The van der Waals surface area contributed by atoms with Gasteiger partial charge in [-0.3, -0.25) is 10.1 Å². The lowest BCUT2D eigenvalue weighted by molar-refractivity contribution is -0.479. The minimum atomic E-state index is -0.413. The van der Waals surface area contributed by atoms with E-state index in [0.717, 1.165) is 5.56 Å². The SMILES string of the molecule is CCOC(=O)c1ccccc1S[C@H](C[N+](=O)[O-])c1ccccc1.